The fraction of sp³-hybridized carbons (Fsp3) is 0.556. The maximum atomic E-state index is 12.8. The maximum Gasteiger partial charge on any atom is 0.253 e. The molecule has 0 aliphatic carbocycles. The van der Waals surface area contributed by atoms with Gasteiger partial charge in [0.25, 0.3) is 5.91 Å². The van der Waals surface area contributed by atoms with Crippen molar-refractivity contribution in [2.75, 3.05) is 50.5 Å². The largest absolute Gasteiger partial charge is 0.372 e. The van der Waals surface area contributed by atoms with Crippen molar-refractivity contribution in [1.82, 2.24) is 10.2 Å². The standard InChI is InChI=1S/C18H26N4O2/c1-19-12-13-5-9-22(10-6-13)18(24)14-3-4-16-15(11-14)20-17(23)7-8-21(16)2/h3-4,11,13,19H,5-10,12H2,1-2H3,(H,20,23). The molecule has 2 N–H and O–H groups in total. The van der Waals surface area contributed by atoms with Gasteiger partial charge in [0, 0.05) is 38.7 Å². The quantitative estimate of drug-likeness (QED) is 0.882. The van der Waals surface area contributed by atoms with Gasteiger partial charge in [-0.15, -0.1) is 0 Å². The summed E-state index contributed by atoms with van der Waals surface area (Å²) in [5.41, 5.74) is 2.34. The van der Waals surface area contributed by atoms with Gasteiger partial charge in [-0.05, 0) is 50.6 Å². The van der Waals surface area contributed by atoms with E-state index in [0.29, 0.717) is 24.4 Å². The molecule has 0 bridgehead atoms. The highest BCUT2D eigenvalue weighted by Crippen LogP contribution is 2.29. The molecule has 6 nitrogen and oxygen atoms in total. The molecule has 3 rings (SSSR count). The first kappa shape index (κ1) is 16.8. The molecule has 1 fully saturated rings. The van der Waals surface area contributed by atoms with E-state index in [1.165, 1.54) is 0 Å². The molecule has 0 atom stereocenters. The van der Waals surface area contributed by atoms with E-state index in [4.69, 9.17) is 0 Å². The molecule has 0 saturated carbocycles. The van der Waals surface area contributed by atoms with E-state index in [0.717, 1.165) is 43.9 Å². The molecule has 0 unspecified atom stereocenters. The van der Waals surface area contributed by atoms with Crippen LogP contribution in [0.15, 0.2) is 18.2 Å². The van der Waals surface area contributed by atoms with Crippen molar-refractivity contribution in [3.63, 3.8) is 0 Å². The molecule has 2 aliphatic rings. The van der Waals surface area contributed by atoms with Crippen molar-refractivity contribution in [3.8, 4) is 0 Å². The van der Waals surface area contributed by atoms with Gasteiger partial charge in [0.05, 0.1) is 11.4 Å². The smallest absolute Gasteiger partial charge is 0.253 e. The van der Waals surface area contributed by atoms with Gasteiger partial charge in [0.2, 0.25) is 5.91 Å². The van der Waals surface area contributed by atoms with Crippen LogP contribution in [0.25, 0.3) is 0 Å². The van der Waals surface area contributed by atoms with E-state index in [9.17, 15) is 9.59 Å². The van der Waals surface area contributed by atoms with E-state index in [-0.39, 0.29) is 11.8 Å². The van der Waals surface area contributed by atoms with E-state index >= 15 is 0 Å². The van der Waals surface area contributed by atoms with Crippen molar-refractivity contribution < 1.29 is 9.59 Å². The average molecular weight is 330 g/mol. The lowest BCUT2D eigenvalue weighted by Crippen LogP contribution is -2.40. The third-order valence-corrected chi connectivity index (χ3v) is 5.00. The van der Waals surface area contributed by atoms with Crippen LogP contribution in [0.4, 0.5) is 11.4 Å². The highest BCUT2D eigenvalue weighted by Gasteiger charge is 2.25. The molecule has 6 heteroatoms. The number of carbonyl (C=O) groups excluding carboxylic acids is 2. The Morgan fingerprint density at radius 3 is 2.75 bits per heavy atom. The van der Waals surface area contributed by atoms with Gasteiger partial charge < -0.3 is 20.4 Å². The summed E-state index contributed by atoms with van der Waals surface area (Å²) >= 11 is 0. The van der Waals surface area contributed by atoms with Crippen LogP contribution in [0, 0.1) is 5.92 Å². The zero-order chi connectivity index (χ0) is 17.1. The number of benzene rings is 1. The molecule has 0 aromatic heterocycles. The monoisotopic (exact) mass is 330 g/mol. The minimum absolute atomic E-state index is 0.00178. The predicted molar refractivity (Wildman–Crippen MR) is 95.5 cm³/mol. The topological polar surface area (TPSA) is 64.7 Å². The minimum Gasteiger partial charge on any atom is -0.372 e. The first-order valence-electron chi connectivity index (χ1n) is 8.67. The highest BCUT2D eigenvalue weighted by molar-refractivity contribution is 6.00. The number of rotatable bonds is 3. The number of amides is 2. The zero-order valence-corrected chi connectivity index (χ0v) is 14.5. The Morgan fingerprint density at radius 1 is 1.29 bits per heavy atom. The number of carbonyl (C=O) groups is 2. The number of anilines is 2. The summed E-state index contributed by atoms with van der Waals surface area (Å²) in [5, 5.41) is 6.13. The number of nitrogens with zero attached hydrogens (tertiary/aromatic N) is 2. The molecule has 0 spiro atoms. The molecule has 2 amide bonds. The van der Waals surface area contributed by atoms with Crippen LogP contribution in [-0.2, 0) is 4.79 Å². The number of nitrogens with one attached hydrogen (secondary N) is 2. The van der Waals surface area contributed by atoms with Gasteiger partial charge in [-0.3, -0.25) is 9.59 Å². The Hall–Kier alpha value is -2.08. The predicted octanol–water partition coefficient (Wildman–Crippen LogP) is 1.54. The van der Waals surface area contributed by atoms with E-state index in [1.807, 2.05) is 42.1 Å². The zero-order valence-electron chi connectivity index (χ0n) is 14.5. The second kappa shape index (κ2) is 7.21. The summed E-state index contributed by atoms with van der Waals surface area (Å²) in [6.07, 6.45) is 2.54. The van der Waals surface area contributed by atoms with Crippen LogP contribution in [0.1, 0.15) is 29.6 Å². The lowest BCUT2D eigenvalue weighted by Gasteiger charge is -2.32. The molecule has 130 valence electrons. The molecule has 0 radical (unpaired) electrons. The highest BCUT2D eigenvalue weighted by atomic mass is 16.2. The third kappa shape index (κ3) is 3.53. The fourth-order valence-electron chi connectivity index (χ4n) is 3.52. The number of fused-ring (bicyclic) bond motifs is 1. The molecule has 2 heterocycles. The van der Waals surface area contributed by atoms with Gasteiger partial charge >= 0.3 is 0 Å². The number of hydrogen-bond acceptors (Lipinski definition) is 4. The van der Waals surface area contributed by atoms with Gasteiger partial charge in [0.1, 0.15) is 0 Å². The summed E-state index contributed by atoms with van der Waals surface area (Å²) in [5.74, 6) is 0.707. The van der Waals surface area contributed by atoms with Crippen molar-refractivity contribution >= 4 is 23.2 Å². The Morgan fingerprint density at radius 2 is 2.04 bits per heavy atom. The molecular weight excluding hydrogens is 304 g/mol. The SMILES string of the molecule is CNCC1CCN(C(=O)c2ccc3c(c2)NC(=O)CCN3C)CC1. The lowest BCUT2D eigenvalue weighted by molar-refractivity contribution is -0.115. The van der Waals surface area contributed by atoms with Crippen molar-refractivity contribution in [2.45, 2.75) is 19.3 Å². The first-order chi connectivity index (χ1) is 11.6. The Bertz CT molecular complexity index is 623. The van der Waals surface area contributed by atoms with E-state index < -0.39 is 0 Å². The second-order valence-corrected chi connectivity index (χ2v) is 6.74. The molecule has 1 aromatic rings. The number of likely N-dealkylation sites (tertiary alicyclic amines) is 1. The van der Waals surface area contributed by atoms with Crippen LogP contribution in [-0.4, -0.2) is 57.0 Å². The molecule has 1 aromatic carbocycles. The minimum atomic E-state index is -0.00178. The van der Waals surface area contributed by atoms with Gasteiger partial charge in [-0.25, -0.2) is 0 Å². The van der Waals surface area contributed by atoms with Crippen molar-refractivity contribution in [1.29, 1.82) is 0 Å². The summed E-state index contributed by atoms with van der Waals surface area (Å²) < 4.78 is 0. The van der Waals surface area contributed by atoms with E-state index in [1.54, 1.807) is 0 Å². The van der Waals surface area contributed by atoms with Crippen LogP contribution in [0.2, 0.25) is 0 Å². The van der Waals surface area contributed by atoms with Crippen LogP contribution in [0.3, 0.4) is 0 Å². The molecule has 2 aliphatic heterocycles. The Kier molecular flexibility index (Phi) is 5.04. The Balaban J connectivity index is 1.73. The van der Waals surface area contributed by atoms with Crippen LogP contribution < -0.4 is 15.5 Å². The first-order valence-corrected chi connectivity index (χ1v) is 8.67. The van der Waals surface area contributed by atoms with Crippen molar-refractivity contribution in [3.05, 3.63) is 23.8 Å². The summed E-state index contributed by atoms with van der Waals surface area (Å²) in [7, 11) is 3.94. The lowest BCUT2D eigenvalue weighted by atomic mass is 9.96. The van der Waals surface area contributed by atoms with Gasteiger partial charge in [-0.2, -0.15) is 0 Å². The molecule has 24 heavy (non-hydrogen) atoms. The number of piperidine rings is 1. The number of hydrogen-bond donors (Lipinski definition) is 2. The second-order valence-electron chi connectivity index (χ2n) is 6.74. The third-order valence-electron chi connectivity index (χ3n) is 5.00. The fourth-order valence-corrected chi connectivity index (χ4v) is 3.52. The van der Waals surface area contributed by atoms with Crippen LogP contribution in [0.5, 0.6) is 0 Å². The average Bonchev–Trinajstić information content (AvgIpc) is 2.73. The molecule has 1 saturated heterocycles. The summed E-state index contributed by atoms with van der Waals surface area (Å²) in [6.45, 7) is 3.30. The maximum absolute atomic E-state index is 12.8. The Labute approximate surface area is 143 Å². The van der Waals surface area contributed by atoms with Crippen LogP contribution >= 0.6 is 0 Å². The van der Waals surface area contributed by atoms with Gasteiger partial charge in [-0.1, -0.05) is 0 Å². The molecular formula is C18H26N4O2. The van der Waals surface area contributed by atoms with Gasteiger partial charge in [0.15, 0.2) is 0 Å². The summed E-state index contributed by atoms with van der Waals surface area (Å²) in [6, 6.07) is 5.62. The van der Waals surface area contributed by atoms with Crippen molar-refractivity contribution in [2.24, 2.45) is 5.92 Å². The summed E-state index contributed by atoms with van der Waals surface area (Å²) in [4.78, 5) is 28.6. The van der Waals surface area contributed by atoms with E-state index in [2.05, 4.69) is 10.6 Å². The normalized spacial score (nSPS) is 18.8.